The second-order valence-corrected chi connectivity index (χ2v) is 7.08. The largest absolute Gasteiger partial charge is 0.494 e. The van der Waals surface area contributed by atoms with Crippen LogP contribution in [-0.2, 0) is 6.54 Å². The molecule has 152 valence electrons. The van der Waals surface area contributed by atoms with E-state index in [9.17, 15) is 4.79 Å². The van der Waals surface area contributed by atoms with Crippen LogP contribution in [0.5, 0.6) is 17.2 Å². The number of methoxy groups -OCH3 is 1. The first-order valence-corrected chi connectivity index (χ1v) is 9.84. The van der Waals surface area contributed by atoms with Crippen LogP contribution in [0, 0.1) is 5.92 Å². The molecule has 1 N–H and O–H groups in total. The number of hydrogen-bond donors (Lipinski definition) is 1. The normalized spacial score (nSPS) is 10.6. The third-order valence-electron chi connectivity index (χ3n) is 4.20. The lowest BCUT2D eigenvalue weighted by atomic mass is 10.1. The minimum absolute atomic E-state index is 0.139. The molecule has 0 aromatic heterocycles. The summed E-state index contributed by atoms with van der Waals surface area (Å²) in [5.74, 6) is 2.54. The molecule has 2 aromatic rings. The van der Waals surface area contributed by atoms with E-state index >= 15 is 0 Å². The summed E-state index contributed by atoms with van der Waals surface area (Å²) in [5, 5.41) is 2.94. The fourth-order valence-electron chi connectivity index (χ4n) is 2.58. The Bertz CT molecular complexity index is 758. The van der Waals surface area contributed by atoms with E-state index in [-0.39, 0.29) is 5.91 Å². The highest BCUT2D eigenvalue weighted by Crippen LogP contribution is 2.28. The van der Waals surface area contributed by atoms with Crippen molar-refractivity contribution in [2.45, 2.75) is 40.2 Å². The van der Waals surface area contributed by atoms with Crippen LogP contribution >= 0.6 is 0 Å². The van der Waals surface area contributed by atoms with E-state index in [1.165, 1.54) is 0 Å². The molecule has 0 aliphatic rings. The van der Waals surface area contributed by atoms with Gasteiger partial charge in [0.2, 0.25) is 0 Å². The highest BCUT2D eigenvalue weighted by Gasteiger charge is 2.09. The molecule has 0 bridgehead atoms. The summed E-state index contributed by atoms with van der Waals surface area (Å²) in [6.07, 6.45) is 1.91. The van der Waals surface area contributed by atoms with E-state index < -0.39 is 0 Å². The predicted molar refractivity (Wildman–Crippen MR) is 111 cm³/mol. The zero-order chi connectivity index (χ0) is 20.4. The van der Waals surface area contributed by atoms with Gasteiger partial charge in [0.1, 0.15) is 5.75 Å². The zero-order valence-electron chi connectivity index (χ0n) is 17.3. The Morgan fingerprint density at radius 2 is 1.86 bits per heavy atom. The van der Waals surface area contributed by atoms with Crippen molar-refractivity contribution < 1.29 is 19.0 Å². The molecule has 0 atom stereocenters. The van der Waals surface area contributed by atoms with E-state index in [0.29, 0.717) is 48.5 Å². The van der Waals surface area contributed by atoms with Gasteiger partial charge in [0.15, 0.2) is 11.5 Å². The van der Waals surface area contributed by atoms with Crippen molar-refractivity contribution in [2.75, 3.05) is 20.3 Å². The second kappa shape index (κ2) is 11.2. The molecule has 5 heteroatoms. The van der Waals surface area contributed by atoms with Gasteiger partial charge in [-0.25, -0.2) is 0 Å². The third kappa shape index (κ3) is 6.80. The van der Waals surface area contributed by atoms with Crippen molar-refractivity contribution in [3.05, 3.63) is 53.6 Å². The van der Waals surface area contributed by atoms with E-state index in [0.717, 1.165) is 18.4 Å². The first-order chi connectivity index (χ1) is 13.5. The molecule has 1 amide bonds. The van der Waals surface area contributed by atoms with Crippen LogP contribution in [0.4, 0.5) is 0 Å². The molecule has 0 saturated heterocycles. The summed E-state index contributed by atoms with van der Waals surface area (Å²) < 4.78 is 16.8. The molecule has 0 fully saturated rings. The Kier molecular flexibility index (Phi) is 8.66. The molecule has 0 radical (unpaired) electrons. The smallest absolute Gasteiger partial charge is 0.251 e. The quantitative estimate of drug-likeness (QED) is 0.601. The number of nitrogens with one attached hydrogen (secondary N) is 1. The average Bonchev–Trinajstić information content (AvgIpc) is 2.70. The molecule has 28 heavy (non-hydrogen) atoms. The molecule has 0 saturated carbocycles. The van der Waals surface area contributed by atoms with Crippen LogP contribution in [0.1, 0.15) is 49.5 Å². The van der Waals surface area contributed by atoms with Gasteiger partial charge in [-0.3, -0.25) is 4.79 Å². The molecule has 0 unspecified atom stereocenters. The number of rotatable bonds is 11. The van der Waals surface area contributed by atoms with E-state index in [1.54, 1.807) is 19.2 Å². The maximum absolute atomic E-state index is 12.5. The summed E-state index contributed by atoms with van der Waals surface area (Å²) in [6.45, 7) is 8.06. The molecule has 0 heterocycles. The maximum Gasteiger partial charge on any atom is 0.251 e. The van der Waals surface area contributed by atoms with Gasteiger partial charge in [-0.05, 0) is 54.7 Å². The fourth-order valence-corrected chi connectivity index (χ4v) is 2.58. The number of benzene rings is 2. The Morgan fingerprint density at radius 3 is 2.57 bits per heavy atom. The Balaban J connectivity index is 1.94. The van der Waals surface area contributed by atoms with Gasteiger partial charge in [-0.2, -0.15) is 0 Å². The number of carbonyl (C=O) groups excluding carboxylic acids is 1. The van der Waals surface area contributed by atoms with Gasteiger partial charge < -0.3 is 19.5 Å². The second-order valence-electron chi connectivity index (χ2n) is 7.08. The van der Waals surface area contributed by atoms with Crippen LogP contribution in [0.2, 0.25) is 0 Å². The number of ether oxygens (including phenoxy) is 3. The highest BCUT2D eigenvalue weighted by molar-refractivity contribution is 5.94. The van der Waals surface area contributed by atoms with Crippen molar-refractivity contribution in [3.8, 4) is 17.2 Å². The first kappa shape index (κ1) is 21.6. The topological polar surface area (TPSA) is 56.8 Å². The van der Waals surface area contributed by atoms with Crippen molar-refractivity contribution in [2.24, 2.45) is 5.92 Å². The monoisotopic (exact) mass is 385 g/mol. The lowest BCUT2D eigenvalue weighted by Gasteiger charge is -2.12. The summed E-state index contributed by atoms with van der Waals surface area (Å²) in [6, 6.07) is 13.0. The molecule has 0 aliphatic carbocycles. The van der Waals surface area contributed by atoms with Crippen molar-refractivity contribution >= 4 is 5.91 Å². The van der Waals surface area contributed by atoms with Crippen LogP contribution in [-0.4, -0.2) is 26.2 Å². The van der Waals surface area contributed by atoms with Crippen LogP contribution < -0.4 is 19.5 Å². The van der Waals surface area contributed by atoms with Crippen molar-refractivity contribution in [1.82, 2.24) is 5.32 Å². The van der Waals surface area contributed by atoms with Gasteiger partial charge in [0.05, 0.1) is 20.3 Å². The third-order valence-corrected chi connectivity index (χ3v) is 4.20. The van der Waals surface area contributed by atoms with Crippen LogP contribution in [0.3, 0.4) is 0 Å². The lowest BCUT2D eigenvalue weighted by Crippen LogP contribution is -2.22. The highest BCUT2D eigenvalue weighted by atomic mass is 16.5. The van der Waals surface area contributed by atoms with E-state index in [1.807, 2.05) is 30.3 Å². The summed E-state index contributed by atoms with van der Waals surface area (Å²) in [7, 11) is 1.61. The lowest BCUT2D eigenvalue weighted by molar-refractivity contribution is 0.0950. The van der Waals surface area contributed by atoms with Crippen molar-refractivity contribution in [1.29, 1.82) is 0 Å². The molecular formula is C23H31NO4. The average molecular weight is 386 g/mol. The number of carbonyl (C=O) groups is 1. The SMILES string of the molecule is CCCOc1ccc(CNC(=O)c2cccc(OCCC(C)C)c2)cc1OC. The number of hydrogen-bond acceptors (Lipinski definition) is 4. The number of amides is 1. The Morgan fingerprint density at radius 1 is 1.04 bits per heavy atom. The maximum atomic E-state index is 12.5. The van der Waals surface area contributed by atoms with Crippen molar-refractivity contribution in [3.63, 3.8) is 0 Å². The molecule has 2 rings (SSSR count). The Hall–Kier alpha value is -2.69. The minimum Gasteiger partial charge on any atom is -0.494 e. The molecular weight excluding hydrogens is 354 g/mol. The molecule has 0 aliphatic heterocycles. The van der Waals surface area contributed by atoms with Crippen LogP contribution in [0.15, 0.2) is 42.5 Å². The van der Waals surface area contributed by atoms with E-state index in [4.69, 9.17) is 14.2 Å². The zero-order valence-corrected chi connectivity index (χ0v) is 17.3. The Labute approximate surface area is 168 Å². The summed E-state index contributed by atoms with van der Waals surface area (Å²) in [4.78, 5) is 12.5. The van der Waals surface area contributed by atoms with Gasteiger partial charge in [-0.1, -0.05) is 32.9 Å². The summed E-state index contributed by atoms with van der Waals surface area (Å²) >= 11 is 0. The first-order valence-electron chi connectivity index (χ1n) is 9.84. The minimum atomic E-state index is -0.139. The van der Waals surface area contributed by atoms with Crippen LogP contribution in [0.25, 0.3) is 0 Å². The fraction of sp³-hybridized carbons (Fsp3) is 0.435. The molecule has 2 aromatic carbocycles. The van der Waals surface area contributed by atoms with Gasteiger partial charge >= 0.3 is 0 Å². The van der Waals surface area contributed by atoms with Gasteiger partial charge in [0.25, 0.3) is 5.91 Å². The standard InChI is InChI=1S/C23H31NO4/c1-5-12-28-21-10-9-18(14-22(21)26-4)16-24-23(25)19-7-6-8-20(15-19)27-13-11-17(2)3/h6-10,14-15,17H,5,11-13,16H2,1-4H3,(H,24,25). The predicted octanol–water partition coefficient (Wildman–Crippen LogP) is 4.84. The van der Waals surface area contributed by atoms with E-state index in [2.05, 4.69) is 26.1 Å². The van der Waals surface area contributed by atoms with Gasteiger partial charge in [-0.15, -0.1) is 0 Å². The molecule has 0 spiro atoms. The van der Waals surface area contributed by atoms with Gasteiger partial charge in [0, 0.05) is 12.1 Å². The molecule has 5 nitrogen and oxygen atoms in total. The summed E-state index contributed by atoms with van der Waals surface area (Å²) in [5.41, 5.74) is 1.52.